The van der Waals surface area contributed by atoms with E-state index in [4.69, 9.17) is 5.73 Å². The highest BCUT2D eigenvalue weighted by Crippen LogP contribution is 2.16. The van der Waals surface area contributed by atoms with E-state index in [-0.39, 0.29) is 18.5 Å². The summed E-state index contributed by atoms with van der Waals surface area (Å²) in [6.45, 7) is 2.62. The molecule has 0 radical (unpaired) electrons. The predicted molar refractivity (Wildman–Crippen MR) is 83.5 cm³/mol. The van der Waals surface area contributed by atoms with Crippen LogP contribution < -0.4 is 11.1 Å². The van der Waals surface area contributed by atoms with E-state index >= 15 is 0 Å². The highest BCUT2D eigenvalue weighted by Gasteiger charge is 2.11. The fourth-order valence-electron chi connectivity index (χ4n) is 1.95. The molecule has 2 aromatic rings. The van der Waals surface area contributed by atoms with Gasteiger partial charge in [-0.05, 0) is 31.2 Å². The summed E-state index contributed by atoms with van der Waals surface area (Å²) < 4.78 is 2.54. The van der Waals surface area contributed by atoms with Crippen molar-refractivity contribution >= 4 is 21.8 Å². The maximum atomic E-state index is 12.0. The van der Waals surface area contributed by atoms with E-state index < -0.39 is 0 Å². The lowest BCUT2D eigenvalue weighted by atomic mass is 10.1. The summed E-state index contributed by atoms with van der Waals surface area (Å²) in [5.74, 6) is -0.102. The number of carbonyl (C=O) groups excluding carboxylic acids is 1. The van der Waals surface area contributed by atoms with Gasteiger partial charge >= 0.3 is 0 Å². The van der Waals surface area contributed by atoms with E-state index in [1.807, 2.05) is 31.2 Å². The van der Waals surface area contributed by atoms with Gasteiger partial charge in [-0.15, -0.1) is 5.10 Å². The molecular weight excluding hydrogens is 334 g/mol. The zero-order valence-corrected chi connectivity index (χ0v) is 13.4. The summed E-state index contributed by atoms with van der Waals surface area (Å²) in [5, 5.41) is 10.8. The lowest BCUT2D eigenvalue weighted by Crippen LogP contribution is -2.30. The minimum atomic E-state index is -0.102. The van der Waals surface area contributed by atoms with Gasteiger partial charge in [-0.3, -0.25) is 4.79 Å². The molecular formula is C14H18BrN5O. The van der Waals surface area contributed by atoms with Gasteiger partial charge in [-0.2, -0.15) is 0 Å². The third-order valence-electron chi connectivity index (χ3n) is 3.04. The molecule has 1 unspecified atom stereocenters. The van der Waals surface area contributed by atoms with E-state index in [1.165, 1.54) is 4.68 Å². The molecule has 1 amide bonds. The first-order chi connectivity index (χ1) is 10.1. The van der Waals surface area contributed by atoms with Gasteiger partial charge in [0, 0.05) is 17.1 Å². The lowest BCUT2D eigenvalue weighted by Gasteiger charge is -2.14. The third kappa shape index (κ3) is 4.64. The molecule has 0 saturated heterocycles. The quantitative estimate of drug-likeness (QED) is 0.823. The first-order valence-electron chi connectivity index (χ1n) is 6.72. The summed E-state index contributed by atoms with van der Waals surface area (Å²) in [6.07, 6.45) is 2.41. The molecule has 0 spiro atoms. The number of hydrogen-bond donors (Lipinski definition) is 2. The smallest absolute Gasteiger partial charge is 0.242 e. The van der Waals surface area contributed by atoms with Crippen LogP contribution in [0, 0.1) is 0 Å². The van der Waals surface area contributed by atoms with Crippen molar-refractivity contribution in [1.82, 2.24) is 20.3 Å². The summed E-state index contributed by atoms with van der Waals surface area (Å²) in [6, 6.07) is 7.80. The summed E-state index contributed by atoms with van der Waals surface area (Å²) in [7, 11) is 0. The summed E-state index contributed by atoms with van der Waals surface area (Å²) in [5.41, 5.74) is 7.30. The van der Waals surface area contributed by atoms with Gasteiger partial charge in [0.25, 0.3) is 0 Å². The van der Waals surface area contributed by atoms with Crippen LogP contribution in [0.25, 0.3) is 0 Å². The highest BCUT2D eigenvalue weighted by atomic mass is 79.9. The molecule has 21 heavy (non-hydrogen) atoms. The SMILES string of the molecule is CC(NC(=O)Cn1cc(CCN)nn1)c1ccc(Br)cc1. The fourth-order valence-corrected chi connectivity index (χ4v) is 2.21. The molecule has 1 heterocycles. The number of nitrogens with one attached hydrogen (secondary N) is 1. The monoisotopic (exact) mass is 351 g/mol. The van der Waals surface area contributed by atoms with Gasteiger partial charge < -0.3 is 11.1 Å². The van der Waals surface area contributed by atoms with Gasteiger partial charge in [-0.1, -0.05) is 33.3 Å². The van der Waals surface area contributed by atoms with Crippen molar-refractivity contribution in [2.45, 2.75) is 25.9 Å². The van der Waals surface area contributed by atoms with Crippen molar-refractivity contribution in [2.75, 3.05) is 6.54 Å². The normalized spacial score (nSPS) is 12.1. The molecule has 2 rings (SSSR count). The van der Waals surface area contributed by atoms with Gasteiger partial charge in [-0.25, -0.2) is 4.68 Å². The van der Waals surface area contributed by atoms with Crippen molar-refractivity contribution < 1.29 is 4.79 Å². The average molecular weight is 352 g/mol. The standard InChI is InChI=1S/C14H18BrN5O/c1-10(11-2-4-12(15)5-3-11)17-14(21)9-20-8-13(6-7-16)18-19-20/h2-5,8,10H,6-7,9,16H2,1H3,(H,17,21). The summed E-state index contributed by atoms with van der Waals surface area (Å²) >= 11 is 3.39. The lowest BCUT2D eigenvalue weighted by molar-refractivity contribution is -0.122. The van der Waals surface area contributed by atoms with Crippen LogP contribution in [0.3, 0.4) is 0 Å². The second kappa shape index (κ2) is 7.33. The number of nitrogens with zero attached hydrogens (tertiary/aromatic N) is 3. The molecule has 0 aliphatic rings. The fraction of sp³-hybridized carbons (Fsp3) is 0.357. The average Bonchev–Trinajstić information content (AvgIpc) is 2.87. The van der Waals surface area contributed by atoms with Crippen molar-refractivity contribution in [2.24, 2.45) is 5.73 Å². The van der Waals surface area contributed by atoms with Crippen LogP contribution in [0.1, 0.15) is 24.2 Å². The predicted octanol–water partition coefficient (Wildman–Crippen LogP) is 1.42. The molecule has 0 bridgehead atoms. The van der Waals surface area contributed by atoms with Crippen molar-refractivity contribution in [3.05, 3.63) is 46.2 Å². The zero-order chi connectivity index (χ0) is 15.2. The third-order valence-corrected chi connectivity index (χ3v) is 3.57. The Morgan fingerprint density at radius 1 is 1.43 bits per heavy atom. The molecule has 1 aromatic carbocycles. The molecule has 7 heteroatoms. The molecule has 6 nitrogen and oxygen atoms in total. The number of hydrogen-bond acceptors (Lipinski definition) is 4. The number of benzene rings is 1. The highest BCUT2D eigenvalue weighted by molar-refractivity contribution is 9.10. The molecule has 1 atom stereocenters. The Hall–Kier alpha value is -1.73. The molecule has 0 aliphatic heterocycles. The first kappa shape index (κ1) is 15.7. The van der Waals surface area contributed by atoms with Crippen LogP contribution in [0.15, 0.2) is 34.9 Å². The maximum absolute atomic E-state index is 12.0. The van der Waals surface area contributed by atoms with Gasteiger partial charge in [0.05, 0.1) is 11.7 Å². The number of carbonyl (C=O) groups is 1. The van der Waals surface area contributed by atoms with E-state index in [0.717, 1.165) is 15.7 Å². The molecule has 0 saturated carbocycles. The Balaban J connectivity index is 1.89. The van der Waals surface area contributed by atoms with Crippen LogP contribution in [0.2, 0.25) is 0 Å². The Morgan fingerprint density at radius 3 is 2.81 bits per heavy atom. The molecule has 0 fully saturated rings. The second-order valence-corrected chi connectivity index (χ2v) is 5.70. The van der Waals surface area contributed by atoms with E-state index in [0.29, 0.717) is 13.0 Å². The topological polar surface area (TPSA) is 85.8 Å². The van der Waals surface area contributed by atoms with Crippen molar-refractivity contribution in [1.29, 1.82) is 0 Å². The van der Waals surface area contributed by atoms with Crippen LogP contribution >= 0.6 is 15.9 Å². The van der Waals surface area contributed by atoms with Gasteiger partial charge in [0.15, 0.2) is 0 Å². The van der Waals surface area contributed by atoms with Crippen LogP contribution in [-0.4, -0.2) is 27.4 Å². The van der Waals surface area contributed by atoms with Gasteiger partial charge in [0.2, 0.25) is 5.91 Å². The molecule has 3 N–H and O–H groups in total. The largest absolute Gasteiger partial charge is 0.348 e. The Morgan fingerprint density at radius 2 is 2.14 bits per heavy atom. The van der Waals surface area contributed by atoms with Crippen molar-refractivity contribution in [3.8, 4) is 0 Å². The Bertz CT molecular complexity index is 596. The van der Waals surface area contributed by atoms with Crippen LogP contribution in [0.4, 0.5) is 0 Å². The number of aromatic nitrogens is 3. The Kier molecular flexibility index (Phi) is 5.46. The summed E-state index contributed by atoms with van der Waals surface area (Å²) in [4.78, 5) is 12.0. The van der Waals surface area contributed by atoms with Crippen LogP contribution in [-0.2, 0) is 17.8 Å². The van der Waals surface area contributed by atoms with Crippen LogP contribution in [0.5, 0.6) is 0 Å². The minimum absolute atomic E-state index is 0.0577. The minimum Gasteiger partial charge on any atom is -0.348 e. The van der Waals surface area contributed by atoms with Gasteiger partial charge in [0.1, 0.15) is 6.54 Å². The number of amides is 1. The maximum Gasteiger partial charge on any atom is 0.242 e. The van der Waals surface area contributed by atoms with E-state index in [2.05, 4.69) is 31.6 Å². The number of nitrogens with two attached hydrogens (primary N) is 1. The second-order valence-electron chi connectivity index (χ2n) is 4.79. The molecule has 1 aromatic heterocycles. The van der Waals surface area contributed by atoms with E-state index in [9.17, 15) is 4.79 Å². The molecule has 112 valence electrons. The number of rotatable bonds is 6. The Labute approximate surface area is 131 Å². The van der Waals surface area contributed by atoms with Crippen molar-refractivity contribution in [3.63, 3.8) is 0 Å². The molecule has 0 aliphatic carbocycles. The zero-order valence-electron chi connectivity index (χ0n) is 11.8. The number of halogens is 1. The van der Waals surface area contributed by atoms with E-state index in [1.54, 1.807) is 6.20 Å². The first-order valence-corrected chi connectivity index (χ1v) is 7.51.